The topological polar surface area (TPSA) is 43.1 Å². The van der Waals surface area contributed by atoms with Gasteiger partial charge in [-0.1, -0.05) is 11.8 Å². The number of carbonyl (C=O) groups is 1. The molecule has 34 valence electrons. The summed E-state index contributed by atoms with van der Waals surface area (Å²) in [5, 5.41) is 0.134. The van der Waals surface area contributed by atoms with Gasteiger partial charge in [0, 0.05) is 5.75 Å². The molecule has 3 heteroatoms. The lowest BCUT2D eigenvalue weighted by Gasteiger charge is -2.16. The molecule has 0 aromatic carbocycles. The van der Waals surface area contributed by atoms with E-state index in [-0.39, 0.29) is 11.2 Å². The minimum absolute atomic E-state index is 0.134. The first-order valence-electron chi connectivity index (χ1n) is 1.73. The molecule has 1 atom stereocenters. The molecule has 0 saturated carbocycles. The molecule has 1 saturated heterocycles. The van der Waals surface area contributed by atoms with Crippen LogP contribution in [-0.4, -0.2) is 16.9 Å². The molecule has 0 aromatic rings. The summed E-state index contributed by atoms with van der Waals surface area (Å²) < 4.78 is 0. The van der Waals surface area contributed by atoms with Crippen LogP contribution in [0.15, 0.2) is 0 Å². The van der Waals surface area contributed by atoms with E-state index in [0.717, 1.165) is 5.75 Å². The highest BCUT2D eigenvalue weighted by Gasteiger charge is 2.24. The Morgan fingerprint density at radius 3 is 2.50 bits per heavy atom. The number of nitrogens with two attached hydrogens (primary N) is 1. The fraction of sp³-hybridized carbons (Fsp3) is 0.667. The normalized spacial score (nSPS) is 32.8. The Kier molecular flexibility index (Phi) is 0.856. The highest BCUT2D eigenvalue weighted by atomic mass is 32.2. The van der Waals surface area contributed by atoms with Gasteiger partial charge in [-0.05, 0) is 0 Å². The Morgan fingerprint density at radius 2 is 2.50 bits per heavy atom. The molecule has 0 radical (unpaired) electrons. The van der Waals surface area contributed by atoms with Crippen molar-refractivity contribution in [2.75, 3.05) is 5.75 Å². The number of hydrogen-bond donors (Lipinski definition) is 1. The van der Waals surface area contributed by atoms with Gasteiger partial charge in [0.1, 0.15) is 0 Å². The fourth-order valence-corrected chi connectivity index (χ4v) is 0.743. The van der Waals surface area contributed by atoms with Gasteiger partial charge in [-0.25, -0.2) is 0 Å². The van der Waals surface area contributed by atoms with E-state index in [1.807, 2.05) is 0 Å². The summed E-state index contributed by atoms with van der Waals surface area (Å²) in [6, 6.07) is -0.144. The standard InChI is InChI=1S/C3H5NOS/c4-2-1-6-3(2)5/h2H,1,4H2. The van der Waals surface area contributed by atoms with Crippen LogP contribution in [0.3, 0.4) is 0 Å². The van der Waals surface area contributed by atoms with Crippen LogP contribution in [0.1, 0.15) is 0 Å². The number of carbonyl (C=O) groups excluding carboxylic acids is 1. The van der Waals surface area contributed by atoms with E-state index in [9.17, 15) is 4.79 Å². The van der Waals surface area contributed by atoms with Crippen LogP contribution in [0.2, 0.25) is 0 Å². The van der Waals surface area contributed by atoms with Crippen molar-refractivity contribution in [1.82, 2.24) is 0 Å². The third-order valence-electron chi connectivity index (χ3n) is 0.708. The highest BCUT2D eigenvalue weighted by Crippen LogP contribution is 2.16. The number of thioether (sulfide) groups is 1. The van der Waals surface area contributed by atoms with Crippen LogP contribution >= 0.6 is 11.8 Å². The molecule has 0 bridgehead atoms. The van der Waals surface area contributed by atoms with E-state index in [1.165, 1.54) is 11.8 Å². The average Bonchev–Trinajstić information content (AvgIpc) is 1.61. The van der Waals surface area contributed by atoms with Gasteiger partial charge in [0.25, 0.3) is 0 Å². The maximum Gasteiger partial charge on any atom is 0.206 e. The second-order valence-corrected chi connectivity index (χ2v) is 2.26. The summed E-state index contributed by atoms with van der Waals surface area (Å²) >= 11 is 1.30. The highest BCUT2D eigenvalue weighted by molar-refractivity contribution is 8.16. The Hall–Kier alpha value is -0.0200. The van der Waals surface area contributed by atoms with Crippen molar-refractivity contribution >= 4 is 16.9 Å². The van der Waals surface area contributed by atoms with Gasteiger partial charge in [0.15, 0.2) is 0 Å². The molecular formula is C3H5NOS. The van der Waals surface area contributed by atoms with Crippen molar-refractivity contribution in [3.63, 3.8) is 0 Å². The first-order valence-corrected chi connectivity index (χ1v) is 2.71. The van der Waals surface area contributed by atoms with E-state index in [0.29, 0.717) is 0 Å². The molecule has 1 heterocycles. The second kappa shape index (κ2) is 1.24. The molecular weight excluding hydrogens is 98.1 g/mol. The van der Waals surface area contributed by atoms with E-state index in [1.54, 1.807) is 0 Å². The molecule has 0 spiro atoms. The summed E-state index contributed by atoms with van der Waals surface area (Å²) in [7, 11) is 0. The Balaban J connectivity index is 2.39. The zero-order valence-electron chi connectivity index (χ0n) is 3.18. The van der Waals surface area contributed by atoms with Gasteiger partial charge in [-0.2, -0.15) is 0 Å². The third kappa shape index (κ3) is 0.438. The quantitative estimate of drug-likeness (QED) is 0.453. The van der Waals surface area contributed by atoms with Crippen LogP contribution in [0.5, 0.6) is 0 Å². The van der Waals surface area contributed by atoms with Crippen LogP contribution in [-0.2, 0) is 4.79 Å². The van der Waals surface area contributed by atoms with Gasteiger partial charge < -0.3 is 5.73 Å². The molecule has 2 nitrogen and oxygen atoms in total. The van der Waals surface area contributed by atoms with Crippen LogP contribution in [0.25, 0.3) is 0 Å². The lowest BCUT2D eigenvalue weighted by Crippen LogP contribution is -2.39. The zero-order chi connectivity index (χ0) is 4.57. The summed E-state index contributed by atoms with van der Waals surface area (Å²) in [4.78, 5) is 10.1. The Morgan fingerprint density at radius 1 is 2.00 bits per heavy atom. The molecule has 1 aliphatic rings. The van der Waals surface area contributed by atoms with Crippen LogP contribution < -0.4 is 5.73 Å². The monoisotopic (exact) mass is 103 g/mol. The first-order chi connectivity index (χ1) is 2.80. The molecule has 1 rings (SSSR count). The summed E-state index contributed by atoms with van der Waals surface area (Å²) in [6.07, 6.45) is 0. The van der Waals surface area contributed by atoms with Crippen molar-refractivity contribution in [2.45, 2.75) is 6.04 Å². The van der Waals surface area contributed by atoms with Gasteiger partial charge in [-0.3, -0.25) is 4.79 Å². The number of rotatable bonds is 0. The van der Waals surface area contributed by atoms with Gasteiger partial charge in [0.05, 0.1) is 6.04 Å². The van der Waals surface area contributed by atoms with Crippen molar-refractivity contribution in [1.29, 1.82) is 0 Å². The average molecular weight is 103 g/mol. The van der Waals surface area contributed by atoms with E-state index in [2.05, 4.69) is 0 Å². The van der Waals surface area contributed by atoms with Crippen molar-refractivity contribution < 1.29 is 4.79 Å². The molecule has 0 aliphatic carbocycles. The molecule has 6 heavy (non-hydrogen) atoms. The fourth-order valence-electron chi connectivity index (χ4n) is 0.248. The zero-order valence-corrected chi connectivity index (χ0v) is 3.99. The molecule has 1 fully saturated rings. The van der Waals surface area contributed by atoms with E-state index < -0.39 is 0 Å². The lowest BCUT2D eigenvalue weighted by molar-refractivity contribution is -0.112. The summed E-state index contributed by atoms with van der Waals surface area (Å²) in [5.74, 6) is 0.818. The largest absolute Gasteiger partial charge is 0.320 e. The van der Waals surface area contributed by atoms with Crippen molar-refractivity contribution in [3.05, 3.63) is 0 Å². The molecule has 0 amide bonds. The maximum atomic E-state index is 10.1. The predicted molar refractivity (Wildman–Crippen MR) is 25.4 cm³/mol. The van der Waals surface area contributed by atoms with E-state index in [4.69, 9.17) is 5.73 Å². The van der Waals surface area contributed by atoms with Gasteiger partial charge in [-0.15, -0.1) is 0 Å². The lowest BCUT2D eigenvalue weighted by atomic mass is 10.4. The first kappa shape index (κ1) is 4.15. The minimum atomic E-state index is -0.144. The SMILES string of the molecule is NC1CSC1=O. The second-order valence-electron chi connectivity index (χ2n) is 1.24. The minimum Gasteiger partial charge on any atom is -0.320 e. The maximum absolute atomic E-state index is 10.1. The van der Waals surface area contributed by atoms with Crippen molar-refractivity contribution in [2.24, 2.45) is 5.73 Å². The van der Waals surface area contributed by atoms with Gasteiger partial charge >= 0.3 is 0 Å². The Labute approximate surface area is 40.1 Å². The third-order valence-corrected chi connectivity index (χ3v) is 1.82. The summed E-state index contributed by atoms with van der Waals surface area (Å²) in [6.45, 7) is 0. The number of hydrogen-bond acceptors (Lipinski definition) is 3. The van der Waals surface area contributed by atoms with Crippen LogP contribution in [0, 0.1) is 0 Å². The van der Waals surface area contributed by atoms with Crippen molar-refractivity contribution in [3.8, 4) is 0 Å². The van der Waals surface area contributed by atoms with Crippen LogP contribution in [0.4, 0.5) is 0 Å². The smallest absolute Gasteiger partial charge is 0.206 e. The molecule has 2 N–H and O–H groups in total. The molecule has 0 aromatic heterocycles. The van der Waals surface area contributed by atoms with E-state index >= 15 is 0 Å². The molecule has 1 unspecified atom stereocenters. The predicted octanol–water partition coefficient (Wildman–Crippen LogP) is -0.413. The molecule has 1 aliphatic heterocycles. The van der Waals surface area contributed by atoms with Gasteiger partial charge in [0.2, 0.25) is 5.12 Å². The summed E-state index contributed by atoms with van der Waals surface area (Å²) in [5.41, 5.74) is 5.15. The Bertz CT molecular complexity index is 82.9.